The zero-order chi connectivity index (χ0) is 22.5. The third-order valence-corrected chi connectivity index (χ3v) is 8.45. The molecule has 6 rings (SSSR count). The fraction of sp³-hybridized carbons (Fsp3) is 0.591. The number of aliphatic hydroxyl groups is 3. The molecule has 1 aliphatic carbocycles. The fourth-order valence-electron chi connectivity index (χ4n) is 7.34. The maximum Gasteiger partial charge on any atom is 0.264 e. The van der Waals surface area contributed by atoms with Crippen molar-refractivity contribution in [2.45, 2.75) is 61.9 Å². The molecule has 3 fully saturated rings. The van der Waals surface area contributed by atoms with Crippen molar-refractivity contribution in [1.82, 2.24) is 4.90 Å². The molecule has 164 valence electrons. The van der Waals surface area contributed by atoms with Crippen LogP contribution in [0.1, 0.15) is 38.3 Å². The molecule has 2 amide bonds. The van der Waals surface area contributed by atoms with Crippen molar-refractivity contribution in [2.75, 3.05) is 11.9 Å². The van der Waals surface area contributed by atoms with Crippen LogP contribution in [0.5, 0.6) is 0 Å². The van der Waals surface area contributed by atoms with Crippen molar-refractivity contribution >= 4 is 23.3 Å². The zero-order valence-corrected chi connectivity index (χ0v) is 17.7. The van der Waals surface area contributed by atoms with Gasteiger partial charge in [0.15, 0.2) is 5.60 Å². The van der Waals surface area contributed by atoms with Crippen LogP contribution in [0.25, 0.3) is 0 Å². The van der Waals surface area contributed by atoms with E-state index in [1.165, 1.54) is 11.8 Å². The molecule has 1 spiro atoms. The van der Waals surface area contributed by atoms with Gasteiger partial charge in [-0.25, -0.2) is 0 Å². The molecule has 9 heteroatoms. The summed E-state index contributed by atoms with van der Waals surface area (Å²) < 4.78 is 6.11. The Morgan fingerprint density at radius 2 is 1.87 bits per heavy atom. The van der Waals surface area contributed by atoms with Crippen molar-refractivity contribution in [3.05, 3.63) is 29.3 Å². The van der Waals surface area contributed by atoms with Crippen LogP contribution in [-0.2, 0) is 31.1 Å². The number of benzene rings is 1. The topological polar surface area (TPSA) is 128 Å². The number of anilines is 1. The van der Waals surface area contributed by atoms with Crippen molar-refractivity contribution in [1.29, 1.82) is 0 Å². The van der Waals surface area contributed by atoms with Crippen LogP contribution in [0.2, 0.25) is 0 Å². The molecular formula is C22H24N2O7. The van der Waals surface area contributed by atoms with Crippen molar-refractivity contribution < 1.29 is 34.4 Å². The molecule has 31 heavy (non-hydrogen) atoms. The number of carbonyl (C=O) groups excluding carboxylic acids is 3. The van der Waals surface area contributed by atoms with E-state index in [-0.39, 0.29) is 0 Å². The van der Waals surface area contributed by atoms with E-state index in [1.54, 1.807) is 27.0 Å². The van der Waals surface area contributed by atoms with Crippen LogP contribution >= 0.6 is 0 Å². The molecule has 6 atom stereocenters. The smallest absolute Gasteiger partial charge is 0.264 e. The van der Waals surface area contributed by atoms with Crippen LogP contribution in [0.3, 0.4) is 0 Å². The van der Waals surface area contributed by atoms with Gasteiger partial charge in [-0.15, -0.1) is 0 Å². The normalized spacial score (nSPS) is 45.4. The number of ether oxygens (including phenoxy) is 1. The SMILES string of the molecule is CC(=O)CC1(O)C(=O)N2C(C)(C)C3Cc4cccc5c4C4(OC1(O)C2(O)C34)C(=O)N5C. The lowest BCUT2D eigenvalue weighted by molar-refractivity contribution is -0.334. The van der Waals surface area contributed by atoms with Crippen LogP contribution < -0.4 is 4.90 Å². The number of ketones is 1. The Morgan fingerprint density at radius 3 is 2.52 bits per heavy atom. The Bertz CT molecular complexity index is 1130. The van der Waals surface area contributed by atoms with E-state index < -0.39 is 64.1 Å². The summed E-state index contributed by atoms with van der Waals surface area (Å²) in [5.41, 5.74) is -5.92. The molecule has 1 aromatic rings. The van der Waals surface area contributed by atoms with E-state index in [0.717, 1.165) is 10.5 Å². The highest BCUT2D eigenvalue weighted by atomic mass is 16.7. The number of hydrogen-bond acceptors (Lipinski definition) is 7. The minimum absolute atomic E-state index is 0.435. The van der Waals surface area contributed by atoms with Crippen LogP contribution in [-0.4, -0.2) is 67.5 Å². The first-order chi connectivity index (χ1) is 14.3. The van der Waals surface area contributed by atoms with E-state index in [1.807, 2.05) is 12.1 Å². The Morgan fingerprint density at radius 1 is 1.19 bits per heavy atom. The second-order valence-electron chi connectivity index (χ2n) is 10.2. The molecular weight excluding hydrogens is 404 g/mol. The lowest BCUT2D eigenvalue weighted by Crippen LogP contribution is -2.64. The van der Waals surface area contributed by atoms with Gasteiger partial charge in [-0.2, -0.15) is 0 Å². The van der Waals surface area contributed by atoms with Gasteiger partial charge in [0.25, 0.3) is 17.6 Å². The highest BCUT2D eigenvalue weighted by molar-refractivity contribution is 6.09. The average molecular weight is 428 g/mol. The third-order valence-electron chi connectivity index (χ3n) is 8.45. The van der Waals surface area contributed by atoms with Crippen LogP contribution in [0.4, 0.5) is 5.69 Å². The van der Waals surface area contributed by atoms with E-state index in [0.29, 0.717) is 17.7 Å². The van der Waals surface area contributed by atoms with Gasteiger partial charge in [0.1, 0.15) is 5.78 Å². The van der Waals surface area contributed by atoms with Gasteiger partial charge in [0.05, 0.1) is 11.6 Å². The molecule has 6 unspecified atom stereocenters. The zero-order valence-electron chi connectivity index (χ0n) is 17.7. The predicted octanol–water partition coefficient (Wildman–Crippen LogP) is -0.601. The molecule has 5 aliphatic rings. The Hall–Kier alpha value is -2.33. The van der Waals surface area contributed by atoms with Gasteiger partial charge in [-0.05, 0) is 44.7 Å². The summed E-state index contributed by atoms with van der Waals surface area (Å²) in [6.45, 7) is 4.67. The fourth-order valence-corrected chi connectivity index (χ4v) is 7.34. The number of carbonyl (C=O) groups is 3. The van der Waals surface area contributed by atoms with Crippen LogP contribution in [0.15, 0.2) is 18.2 Å². The lowest BCUT2D eigenvalue weighted by Gasteiger charge is -2.42. The molecule has 3 saturated heterocycles. The quantitative estimate of drug-likeness (QED) is 0.574. The van der Waals surface area contributed by atoms with Crippen molar-refractivity contribution in [3.63, 3.8) is 0 Å². The van der Waals surface area contributed by atoms with Gasteiger partial charge in [0.2, 0.25) is 11.3 Å². The summed E-state index contributed by atoms with van der Waals surface area (Å²) >= 11 is 0. The summed E-state index contributed by atoms with van der Waals surface area (Å²) in [7, 11) is 1.59. The number of Topliss-reactive ketones (excluding diaryl/α,β-unsaturated/α-hetero) is 1. The van der Waals surface area contributed by atoms with E-state index in [4.69, 9.17) is 4.74 Å². The summed E-state index contributed by atoms with van der Waals surface area (Å²) in [5, 5.41) is 35.4. The molecule has 0 aromatic heterocycles. The molecule has 4 heterocycles. The van der Waals surface area contributed by atoms with Crippen molar-refractivity contribution in [2.24, 2.45) is 11.8 Å². The Kier molecular flexibility index (Phi) is 3.03. The van der Waals surface area contributed by atoms with Crippen molar-refractivity contribution in [3.8, 4) is 0 Å². The van der Waals surface area contributed by atoms with E-state index in [2.05, 4.69) is 0 Å². The first-order valence-corrected chi connectivity index (χ1v) is 10.4. The average Bonchev–Trinajstić information content (AvgIpc) is 3.16. The minimum atomic E-state index is -2.87. The number of hydrogen-bond donors (Lipinski definition) is 3. The number of amides is 2. The standard InChI is InChI=1S/C22H24N2O7/c1-10(25)9-19(28)16(26)24-18(2,3)12-8-11-6-5-7-13-14(11)20(17(27)23(13)4)15(12)21(24,29)22(19,30)31-20/h5-7,12,15,28-30H,8-9H2,1-4H3. The second-order valence-corrected chi connectivity index (χ2v) is 10.2. The molecule has 4 aliphatic heterocycles. The maximum absolute atomic E-state index is 13.7. The molecule has 9 nitrogen and oxygen atoms in total. The number of nitrogens with zero attached hydrogens (tertiary/aromatic N) is 2. The van der Waals surface area contributed by atoms with Gasteiger partial charge < -0.3 is 29.9 Å². The summed E-state index contributed by atoms with van der Waals surface area (Å²) in [6, 6.07) is 5.48. The largest absolute Gasteiger partial charge is 0.375 e. The maximum atomic E-state index is 13.7. The predicted molar refractivity (Wildman–Crippen MR) is 104 cm³/mol. The minimum Gasteiger partial charge on any atom is -0.375 e. The first kappa shape index (κ1) is 19.4. The van der Waals surface area contributed by atoms with E-state index >= 15 is 0 Å². The molecule has 0 bridgehead atoms. The van der Waals surface area contributed by atoms with Gasteiger partial charge >= 0.3 is 0 Å². The molecule has 0 radical (unpaired) electrons. The van der Waals surface area contributed by atoms with Crippen LogP contribution in [0, 0.1) is 11.8 Å². The lowest BCUT2D eigenvalue weighted by atomic mass is 9.61. The first-order valence-electron chi connectivity index (χ1n) is 10.4. The summed E-state index contributed by atoms with van der Waals surface area (Å²) in [6.07, 6.45) is -0.288. The highest BCUT2D eigenvalue weighted by Crippen LogP contribution is 2.75. The second kappa shape index (κ2) is 4.85. The van der Waals surface area contributed by atoms with E-state index in [9.17, 15) is 29.7 Å². The third kappa shape index (κ3) is 1.54. The monoisotopic (exact) mass is 428 g/mol. The number of rotatable bonds is 2. The highest BCUT2D eigenvalue weighted by Gasteiger charge is 2.95. The summed E-state index contributed by atoms with van der Waals surface area (Å²) in [4.78, 5) is 41.7. The Balaban J connectivity index is 1.73. The molecule has 0 saturated carbocycles. The van der Waals surface area contributed by atoms with Gasteiger partial charge in [-0.1, -0.05) is 12.1 Å². The van der Waals surface area contributed by atoms with Gasteiger partial charge in [-0.3, -0.25) is 14.4 Å². The summed E-state index contributed by atoms with van der Waals surface area (Å²) in [5.74, 6) is -6.32. The molecule has 3 N–H and O–H groups in total. The Labute approximate surface area is 178 Å². The molecule has 1 aromatic carbocycles. The number of likely N-dealkylation sites (N-methyl/N-ethyl adjacent to an activating group) is 1. The van der Waals surface area contributed by atoms with Gasteiger partial charge in [0, 0.05) is 24.6 Å².